The molecule has 0 saturated heterocycles. The van der Waals surface area contributed by atoms with Crippen molar-refractivity contribution in [1.82, 2.24) is 0 Å². The van der Waals surface area contributed by atoms with Gasteiger partial charge in [-0.1, -0.05) is 0 Å². The summed E-state index contributed by atoms with van der Waals surface area (Å²) in [5.41, 5.74) is 0. The average Bonchev–Trinajstić information content (AvgIpc) is 1.59. The molecule has 0 aromatic rings. The summed E-state index contributed by atoms with van der Waals surface area (Å²) >= 11 is 4.40. The third-order valence-corrected chi connectivity index (χ3v) is 1.38. The minimum absolute atomic E-state index is 0.0405. The summed E-state index contributed by atoms with van der Waals surface area (Å²) in [6.07, 6.45) is 0.707. The second-order valence-electron chi connectivity index (χ2n) is 1.84. The second-order valence-corrected chi connectivity index (χ2v) is 5.30. The van der Waals surface area contributed by atoms with Crippen LogP contribution < -0.4 is 0 Å². The van der Waals surface area contributed by atoms with E-state index >= 15 is 0 Å². The summed E-state index contributed by atoms with van der Waals surface area (Å²) in [6, 6.07) is 0. The summed E-state index contributed by atoms with van der Waals surface area (Å²) in [6.45, 7) is 1.58. The quantitative estimate of drug-likeness (QED) is 0.630. The third kappa shape index (κ3) is 8.29. The maximum Gasteiger partial charge on any atom is 0.141 e. The molecule has 0 saturated carbocycles. The van der Waals surface area contributed by atoms with Crippen LogP contribution in [0.3, 0.4) is 0 Å². The van der Waals surface area contributed by atoms with E-state index in [2.05, 4.69) is 15.4 Å². The second kappa shape index (κ2) is 3.46. The van der Waals surface area contributed by atoms with Crippen LogP contribution in [0, 0.1) is 0 Å². The van der Waals surface area contributed by atoms with Crippen LogP contribution in [0.1, 0.15) is 6.92 Å². The van der Waals surface area contributed by atoms with Crippen LogP contribution in [-0.2, 0) is 24.1 Å². The van der Waals surface area contributed by atoms with E-state index < -0.39 is 14.9 Å². The van der Waals surface area contributed by atoms with Crippen LogP contribution >= 0.6 is 0 Å². The number of hydrogen-bond donors (Lipinski definition) is 1. The van der Waals surface area contributed by atoms with Gasteiger partial charge in [-0.05, 0) is 6.92 Å². The number of hydrogen-bond acceptors (Lipinski definition) is 4. The Labute approximate surface area is 59.9 Å². The molecule has 9 heavy (non-hydrogen) atoms. The summed E-state index contributed by atoms with van der Waals surface area (Å²) in [5, 5.41) is 8.62. The molecule has 0 aliphatic heterocycles. The molecule has 5 heteroatoms. The zero-order chi connectivity index (χ0) is 7.49. The van der Waals surface area contributed by atoms with Gasteiger partial charge in [0.1, 0.15) is 8.77 Å². The monoisotopic (exact) mass is 170 g/mol. The Morgan fingerprint density at radius 2 is 2.33 bits per heavy atom. The highest BCUT2D eigenvalue weighted by Gasteiger charge is 1.99. The molecule has 0 rings (SSSR count). The summed E-state index contributed by atoms with van der Waals surface area (Å²) in [5.74, 6) is 0. The van der Waals surface area contributed by atoms with Crippen molar-refractivity contribution in [3.05, 3.63) is 0 Å². The number of rotatable bonds is 3. The van der Waals surface area contributed by atoms with Gasteiger partial charge >= 0.3 is 0 Å². The van der Waals surface area contributed by atoms with E-state index in [1.165, 1.54) is 6.26 Å². The largest absolute Gasteiger partial charge is 0.391 e. The van der Waals surface area contributed by atoms with Gasteiger partial charge in [-0.15, -0.1) is 0 Å². The Kier molecular flexibility index (Phi) is 3.57. The van der Waals surface area contributed by atoms with Gasteiger partial charge < -0.3 is 5.11 Å². The summed E-state index contributed by atoms with van der Waals surface area (Å²) in [4.78, 5) is 0. The normalized spacial score (nSPS) is 20.8. The standard InChI is InChI=1S/C4H10O3S2/c1-4(5)3-7-9(2,6)8/h4-5H,3H2,1-2H3. The van der Waals surface area contributed by atoms with Gasteiger partial charge in [0, 0.05) is 17.4 Å². The first kappa shape index (κ1) is 9.29. The van der Waals surface area contributed by atoms with Crippen molar-refractivity contribution >= 4 is 20.0 Å². The van der Waals surface area contributed by atoms with Crippen molar-refractivity contribution in [2.45, 2.75) is 13.0 Å². The van der Waals surface area contributed by atoms with Crippen LogP contribution in [0.5, 0.6) is 0 Å². The van der Waals surface area contributed by atoms with Crippen LogP contribution in [0.4, 0.5) is 0 Å². The van der Waals surface area contributed by atoms with Gasteiger partial charge in [0.2, 0.25) is 0 Å². The molecular weight excluding hydrogens is 160 g/mol. The molecular formula is C4H10O3S2. The van der Waals surface area contributed by atoms with Crippen molar-refractivity contribution in [3.63, 3.8) is 0 Å². The molecule has 0 bridgehead atoms. The molecule has 0 fully saturated rings. The Morgan fingerprint density at radius 3 is 2.44 bits per heavy atom. The fourth-order valence-corrected chi connectivity index (χ4v) is 0.833. The lowest BCUT2D eigenvalue weighted by Crippen LogP contribution is -2.13. The van der Waals surface area contributed by atoms with E-state index in [9.17, 15) is 4.21 Å². The molecule has 0 aromatic heterocycles. The van der Waals surface area contributed by atoms with E-state index in [1.54, 1.807) is 6.92 Å². The zero-order valence-electron chi connectivity index (χ0n) is 5.36. The van der Waals surface area contributed by atoms with Gasteiger partial charge in [-0.25, -0.2) is 4.21 Å². The Balaban J connectivity index is 3.53. The maximum absolute atomic E-state index is 10.6. The van der Waals surface area contributed by atoms with Crippen molar-refractivity contribution in [2.75, 3.05) is 12.9 Å². The highest BCUT2D eigenvalue weighted by Crippen LogP contribution is 1.89. The van der Waals surface area contributed by atoms with Crippen molar-refractivity contribution in [3.8, 4) is 0 Å². The van der Waals surface area contributed by atoms with Gasteiger partial charge in [-0.2, -0.15) is 0 Å². The Bertz CT molecular complexity index is 159. The van der Waals surface area contributed by atoms with Crippen LogP contribution in [0.15, 0.2) is 0 Å². The first-order valence-electron chi connectivity index (χ1n) is 2.44. The van der Waals surface area contributed by atoms with E-state index in [0.29, 0.717) is 0 Å². The van der Waals surface area contributed by atoms with Crippen LogP contribution in [0.2, 0.25) is 0 Å². The van der Waals surface area contributed by atoms with Crippen molar-refractivity contribution in [1.29, 1.82) is 0 Å². The van der Waals surface area contributed by atoms with Gasteiger partial charge in [-0.3, -0.25) is 4.18 Å². The van der Waals surface area contributed by atoms with Crippen LogP contribution in [0.25, 0.3) is 0 Å². The van der Waals surface area contributed by atoms with Gasteiger partial charge in [0.25, 0.3) is 0 Å². The molecule has 2 unspecified atom stereocenters. The molecule has 56 valence electrons. The average molecular weight is 170 g/mol. The first-order chi connectivity index (χ1) is 3.92. The lowest BCUT2D eigenvalue weighted by molar-refractivity contribution is 0.131. The van der Waals surface area contributed by atoms with Crippen LogP contribution in [-0.4, -0.2) is 28.3 Å². The third-order valence-electron chi connectivity index (χ3n) is 0.523. The summed E-state index contributed by atoms with van der Waals surface area (Å²) < 4.78 is 15.2. The minimum atomic E-state index is -2.55. The van der Waals surface area contributed by atoms with Crippen molar-refractivity contribution < 1.29 is 13.5 Å². The van der Waals surface area contributed by atoms with E-state index in [-0.39, 0.29) is 6.61 Å². The highest BCUT2D eigenvalue weighted by atomic mass is 32.8. The molecule has 3 nitrogen and oxygen atoms in total. The van der Waals surface area contributed by atoms with Gasteiger partial charge in [0.05, 0.1) is 12.7 Å². The summed E-state index contributed by atoms with van der Waals surface area (Å²) in [7, 11) is -2.55. The van der Waals surface area contributed by atoms with Gasteiger partial charge in [0.15, 0.2) is 0 Å². The molecule has 0 amide bonds. The predicted octanol–water partition coefficient (Wildman–Crippen LogP) is -0.325. The lowest BCUT2D eigenvalue weighted by Gasteiger charge is -2.03. The molecule has 0 aromatic carbocycles. The Hall–Kier alpha value is 0.290. The zero-order valence-corrected chi connectivity index (χ0v) is 7.00. The predicted molar refractivity (Wildman–Crippen MR) is 39.1 cm³/mol. The topological polar surface area (TPSA) is 46.5 Å². The Morgan fingerprint density at radius 1 is 1.89 bits per heavy atom. The SMILES string of the molecule is CC(O)COS(C)(=O)=S. The molecule has 0 aliphatic rings. The fraction of sp³-hybridized carbons (Fsp3) is 1.00. The molecule has 1 N–H and O–H groups in total. The number of aliphatic hydroxyl groups is 1. The van der Waals surface area contributed by atoms with E-state index in [0.717, 1.165) is 0 Å². The molecule has 0 spiro atoms. The molecule has 0 aliphatic carbocycles. The lowest BCUT2D eigenvalue weighted by atomic mass is 10.5. The molecule has 0 radical (unpaired) electrons. The number of aliphatic hydroxyl groups excluding tert-OH is 1. The fourth-order valence-electron chi connectivity index (χ4n) is 0.222. The molecule has 0 heterocycles. The maximum atomic E-state index is 10.6. The van der Waals surface area contributed by atoms with E-state index in [1.807, 2.05) is 0 Å². The molecule has 2 atom stereocenters. The minimum Gasteiger partial charge on any atom is -0.391 e. The van der Waals surface area contributed by atoms with Crippen molar-refractivity contribution in [2.24, 2.45) is 0 Å². The first-order valence-corrected chi connectivity index (χ1v) is 5.26. The smallest absolute Gasteiger partial charge is 0.141 e. The van der Waals surface area contributed by atoms with E-state index in [4.69, 9.17) is 5.11 Å². The highest BCUT2D eigenvalue weighted by molar-refractivity contribution is 8.29.